The molecule has 1 rings (SSSR count). The first-order valence-electron chi connectivity index (χ1n) is 5.16. The molecule has 1 heterocycles. The molecule has 0 aliphatic carbocycles. The number of halogens is 1. The summed E-state index contributed by atoms with van der Waals surface area (Å²) in [5.74, 6) is 0. The molecule has 0 aromatic carbocycles. The molecule has 1 fully saturated rings. The Labute approximate surface area is 80.1 Å². The lowest BCUT2D eigenvalue weighted by Gasteiger charge is -2.14. The molecule has 1 aliphatic heterocycles. The average molecular weight is 189 g/mol. The molecule has 0 bridgehead atoms. The van der Waals surface area contributed by atoms with Crippen LogP contribution in [0, 0.1) is 0 Å². The van der Waals surface area contributed by atoms with Gasteiger partial charge in [0.25, 0.3) is 0 Å². The van der Waals surface area contributed by atoms with Gasteiger partial charge in [-0.25, -0.2) is 4.39 Å². The third kappa shape index (κ3) is 4.58. The van der Waals surface area contributed by atoms with Gasteiger partial charge in [-0.1, -0.05) is 0 Å². The summed E-state index contributed by atoms with van der Waals surface area (Å²) >= 11 is 0. The fourth-order valence-corrected chi connectivity index (χ4v) is 1.60. The largest absolute Gasteiger partial charge is 0.379 e. The van der Waals surface area contributed by atoms with Gasteiger partial charge in [0.15, 0.2) is 0 Å². The summed E-state index contributed by atoms with van der Waals surface area (Å²) in [5.41, 5.74) is 0. The van der Waals surface area contributed by atoms with Crippen molar-refractivity contribution in [3.8, 4) is 0 Å². The average Bonchev–Trinajstić information content (AvgIpc) is 2.45. The first-order valence-corrected chi connectivity index (χ1v) is 5.16. The Morgan fingerprint density at radius 2 is 2.31 bits per heavy atom. The summed E-state index contributed by atoms with van der Waals surface area (Å²) in [6, 6.07) is 0. The topological polar surface area (TPSA) is 12.5 Å². The minimum absolute atomic E-state index is 0.313. The van der Waals surface area contributed by atoms with Gasteiger partial charge in [0, 0.05) is 26.2 Å². The van der Waals surface area contributed by atoms with Crippen molar-refractivity contribution in [2.24, 2.45) is 0 Å². The second-order valence-corrected chi connectivity index (χ2v) is 3.96. The van der Waals surface area contributed by atoms with Crippen LogP contribution < -0.4 is 0 Å². The Hall–Kier alpha value is -0.150. The summed E-state index contributed by atoms with van der Waals surface area (Å²) in [4.78, 5) is 2.17. The zero-order valence-electron chi connectivity index (χ0n) is 8.63. The zero-order chi connectivity index (χ0) is 9.68. The van der Waals surface area contributed by atoms with Gasteiger partial charge in [-0.2, -0.15) is 0 Å². The smallest absolute Gasteiger partial charge is 0.114 e. The molecule has 2 nitrogen and oxygen atoms in total. The highest BCUT2D eigenvalue weighted by Gasteiger charge is 2.20. The van der Waals surface area contributed by atoms with E-state index < -0.39 is 6.17 Å². The summed E-state index contributed by atoms with van der Waals surface area (Å²) in [7, 11) is 0. The number of rotatable bonds is 5. The maximum atomic E-state index is 12.7. The molecule has 0 saturated carbocycles. The van der Waals surface area contributed by atoms with E-state index in [1.54, 1.807) is 0 Å². The van der Waals surface area contributed by atoms with E-state index in [0.717, 1.165) is 26.1 Å². The van der Waals surface area contributed by atoms with Gasteiger partial charge in [0.05, 0.1) is 6.10 Å². The van der Waals surface area contributed by atoms with Gasteiger partial charge in [-0.3, -0.25) is 0 Å². The number of ether oxygens (including phenoxy) is 1. The molecule has 0 radical (unpaired) electrons. The Bertz CT molecular complexity index is 141. The minimum atomic E-state index is -0.592. The molecule has 0 aromatic heterocycles. The van der Waals surface area contributed by atoms with E-state index in [2.05, 4.69) is 4.90 Å². The van der Waals surface area contributed by atoms with Gasteiger partial charge in [0.1, 0.15) is 6.17 Å². The van der Waals surface area contributed by atoms with Gasteiger partial charge < -0.3 is 9.64 Å². The minimum Gasteiger partial charge on any atom is -0.379 e. The Kier molecular flexibility index (Phi) is 4.67. The van der Waals surface area contributed by atoms with E-state index >= 15 is 0 Å². The van der Waals surface area contributed by atoms with Crippen LogP contribution in [-0.2, 0) is 4.74 Å². The van der Waals surface area contributed by atoms with Crippen LogP contribution in [0.5, 0.6) is 0 Å². The van der Waals surface area contributed by atoms with Crippen LogP contribution in [0.3, 0.4) is 0 Å². The molecule has 0 N–H and O–H groups in total. The van der Waals surface area contributed by atoms with Crippen molar-refractivity contribution in [1.29, 1.82) is 0 Å². The molecule has 3 heteroatoms. The summed E-state index contributed by atoms with van der Waals surface area (Å²) in [6.07, 6.45) is 1.45. The number of hydrogen-bond donors (Lipinski definition) is 0. The van der Waals surface area contributed by atoms with Crippen molar-refractivity contribution >= 4 is 0 Å². The molecular weight excluding hydrogens is 169 g/mol. The third-order valence-corrected chi connectivity index (χ3v) is 2.28. The lowest BCUT2D eigenvalue weighted by atomic mass is 10.3. The van der Waals surface area contributed by atoms with Crippen LogP contribution in [0.1, 0.15) is 26.7 Å². The number of alkyl halides is 1. The second-order valence-electron chi connectivity index (χ2n) is 3.96. The Morgan fingerprint density at radius 1 is 1.54 bits per heavy atom. The maximum absolute atomic E-state index is 12.7. The monoisotopic (exact) mass is 189 g/mol. The molecule has 0 amide bonds. The molecule has 1 aliphatic rings. The SMILES string of the molecule is CC(C)OCCCN1CC[C@@H](F)C1. The fraction of sp³-hybridized carbons (Fsp3) is 1.00. The highest BCUT2D eigenvalue weighted by molar-refractivity contribution is 4.74. The molecule has 0 spiro atoms. The van der Waals surface area contributed by atoms with E-state index in [1.807, 2.05) is 13.8 Å². The van der Waals surface area contributed by atoms with Crippen molar-refractivity contribution in [1.82, 2.24) is 4.90 Å². The van der Waals surface area contributed by atoms with Crippen molar-refractivity contribution in [3.05, 3.63) is 0 Å². The molecular formula is C10H20FNO. The summed E-state index contributed by atoms with van der Waals surface area (Å²) in [6.45, 7) is 7.39. The fourth-order valence-electron chi connectivity index (χ4n) is 1.60. The lowest BCUT2D eigenvalue weighted by Crippen LogP contribution is -2.23. The van der Waals surface area contributed by atoms with Crippen LogP contribution in [0.2, 0.25) is 0 Å². The molecule has 0 unspecified atom stereocenters. The van der Waals surface area contributed by atoms with Gasteiger partial charge in [-0.05, 0) is 26.7 Å². The van der Waals surface area contributed by atoms with Gasteiger partial charge in [-0.15, -0.1) is 0 Å². The third-order valence-electron chi connectivity index (χ3n) is 2.28. The van der Waals surface area contributed by atoms with Crippen LogP contribution >= 0.6 is 0 Å². The molecule has 78 valence electrons. The lowest BCUT2D eigenvalue weighted by molar-refractivity contribution is 0.0716. The summed E-state index contributed by atoms with van der Waals surface area (Å²) in [5, 5.41) is 0. The molecule has 1 saturated heterocycles. The van der Waals surface area contributed by atoms with E-state index in [-0.39, 0.29) is 0 Å². The predicted molar refractivity (Wildman–Crippen MR) is 51.7 cm³/mol. The van der Waals surface area contributed by atoms with Crippen LogP contribution in [-0.4, -0.2) is 43.4 Å². The van der Waals surface area contributed by atoms with E-state index in [9.17, 15) is 4.39 Å². The predicted octanol–water partition coefficient (Wildman–Crippen LogP) is 1.85. The number of likely N-dealkylation sites (tertiary alicyclic amines) is 1. The van der Waals surface area contributed by atoms with Crippen molar-refractivity contribution in [2.75, 3.05) is 26.2 Å². The molecule has 0 aromatic rings. The highest BCUT2D eigenvalue weighted by Crippen LogP contribution is 2.12. The standard InChI is InChI=1S/C10H20FNO/c1-9(2)13-7-3-5-12-6-4-10(11)8-12/h9-10H,3-8H2,1-2H3/t10-/m1/s1. The first-order chi connectivity index (χ1) is 6.18. The van der Waals surface area contributed by atoms with Gasteiger partial charge >= 0.3 is 0 Å². The number of hydrogen-bond acceptors (Lipinski definition) is 2. The van der Waals surface area contributed by atoms with Crippen LogP contribution in [0.4, 0.5) is 4.39 Å². The Morgan fingerprint density at radius 3 is 2.85 bits per heavy atom. The van der Waals surface area contributed by atoms with Gasteiger partial charge in [0.2, 0.25) is 0 Å². The summed E-state index contributed by atoms with van der Waals surface area (Å²) < 4.78 is 18.1. The quantitative estimate of drug-likeness (QED) is 0.612. The highest BCUT2D eigenvalue weighted by atomic mass is 19.1. The molecule has 1 atom stereocenters. The van der Waals surface area contributed by atoms with Crippen LogP contribution in [0.25, 0.3) is 0 Å². The second kappa shape index (κ2) is 5.55. The van der Waals surface area contributed by atoms with E-state index in [4.69, 9.17) is 4.74 Å². The normalized spacial score (nSPS) is 24.5. The first kappa shape index (κ1) is 10.9. The van der Waals surface area contributed by atoms with Crippen molar-refractivity contribution in [2.45, 2.75) is 39.0 Å². The van der Waals surface area contributed by atoms with E-state index in [0.29, 0.717) is 19.1 Å². The number of nitrogens with zero attached hydrogens (tertiary/aromatic N) is 1. The van der Waals surface area contributed by atoms with Crippen LogP contribution in [0.15, 0.2) is 0 Å². The van der Waals surface area contributed by atoms with Crippen molar-refractivity contribution in [3.63, 3.8) is 0 Å². The van der Waals surface area contributed by atoms with Crippen molar-refractivity contribution < 1.29 is 9.13 Å². The Balaban J connectivity index is 1.94. The maximum Gasteiger partial charge on any atom is 0.114 e. The molecule has 13 heavy (non-hydrogen) atoms. The zero-order valence-corrected chi connectivity index (χ0v) is 8.63. The van der Waals surface area contributed by atoms with E-state index in [1.165, 1.54) is 0 Å².